The Balaban J connectivity index is 1.81. The molecule has 0 aliphatic heterocycles. The van der Waals surface area contributed by atoms with Gasteiger partial charge in [-0.1, -0.05) is 25.7 Å². The van der Waals surface area contributed by atoms with Crippen molar-refractivity contribution in [1.29, 1.82) is 0 Å². The number of anilines is 1. The van der Waals surface area contributed by atoms with E-state index in [1.807, 2.05) is 36.2 Å². The number of carbonyl (C=O) groups excluding carboxylic acids is 1. The minimum absolute atomic E-state index is 0.0803. The molecule has 1 aromatic heterocycles. The third-order valence-electron chi connectivity index (χ3n) is 4.57. The lowest BCUT2D eigenvalue weighted by Gasteiger charge is -2.26. The van der Waals surface area contributed by atoms with Crippen molar-refractivity contribution < 1.29 is 4.79 Å². The molecule has 0 spiro atoms. The molecule has 1 amide bonds. The predicted octanol–water partition coefficient (Wildman–Crippen LogP) is 3.54. The number of aromatic amines is 1. The topological polar surface area (TPSA) is 62.1 Å². The number of hydrogen-bond acceptors (Lipinski definition) is 2. The smallest absolute Gasteiger partial charge is 0.270 e. The van der Waals surface area contributed by atoms with Gasteiger partial charge in [0.05, 0.1) is 0 Å². The highest BCUT2D eigenvalue weighted by Gasteiger charge is 2.23. The van der Waals surface area contributed by atoms with E-state index in [-0.39, 0.29) is 5.91 Å². The summed E-state index contributed by atoms with van der Waals surface area (Å²) in [6.07, 6.45) is 7.29. The molecule has 0 unspecified atom stereocenters. The zero-order chi connectivity index (χ0) is 14.8. The molecule has 2 aromatic rings. The van der Waals surface area contributed by atoms with Gasteiger partial charge >= 0.3 is 0 Å². The molecule has 4 heteroatoms. The van der Waals surface area contributed by atoms with Crippen LogP contribution >= 0.6 is 0 Å². The van der Waals surface area contributed by atoms with Crippen molar-refractivity contribution in [3.8, 4) is 0 Å². The lowest BCUT2D eigenvalue weighted by molar-refractivity contribution is 0.0712. The molecular formula is C17H23N3O. The van der Waals surface area contributed by atoms with Crippen molar-refractivity contribution in [2.75, 3.05) is 12.8 Å². The average molecular weight is 285 g/mol. The maximum atomic E-state index is 12.7. The summed E-state index contributed by atoms with van der Waals surface area (Å²) in [5.41, 5.74) is 8.13. The molecule has 0 saturated heterocycles. The molecule has 1 aliphatic rings. The molecule has 1 aromatic carbocycles. The second-order valence-corrected chi connectivity index (χ2v) is 6.09. The Hall–Kier alpha value is -1.97. The predicted molar refractivity (Wildman–Crippen MR) is 86.3 cm³/mol. The standard InChI is InChI=1S/C17H23N3O/c1-20(14-6-4-2-3-5-7-14)17(21)16-11-12-10-13(18)8-9-15(12)19-16/h8-11,14,19H,2-7,18H2,1H3. The number of amides is 1. The third-order valence-corrected chi connectivity index (χ3v) is 4.57. The molecular weight excluding hydrogens is 262 g/mol. The number of nitrogens with one attached hydrogen (secondary N) is 1. The number of nitrogens with two attached hydrogens (primary N) is 1. The van der Waals surface area contributed by atoms with Crippen LogP contribution in [0.2, 0.25) is 0 Å². The first-order valence-electron chi connectivity index (χ1n) is 7.80. The summed E-state index contributed by atoms with van der Waals surface area (Å²) in [4.78, 5) is 17.8. The largest absolute Gasteiger partial charge is 0.399 e. The first-order chi connectivity index (χ1) is 10.1. The van der Waals surface area contributed by atoms with Gasteiger partial charge < -0.3 is 15.6 Å². The summed E-state index contributed by atoms with van der Waals surface area (Å²) < 4.78 is 0. The van der Waals surface area contributed by atoms with Crippen molar-refractivity contribution in [2.45, 2.75) is 44.6 Å². The number of H-pyrrole nitrogens is 1. The first-order valence-corrected chi connectivity index (χ1v) is 7.80. The third kappa shape index (κ3) is 2.89. The van der Waals surface area contributed by atoms with Gasteiger partial charge in [-0.25, -0.2) is 0 Å². The molecule has 4 nitrogen and oxygen atoms in total. The molecule has 1 saturated carbocycles. The van der Waals surface area contributed by atoms with E-state index < -0.39 is 0 Å². The number of nitrogens with zero attached hydrogens (tertiary/aromatic N) is 1. The summed E-state index contributed by atoms with van der Waals surface area (Å²) in [5, 5.41) is 0.993. The van der Waals surface area contributed by atoms with Crippen LogP contribution in [0.3, 0.4) is 0 Å². The summed E-state index contributed by atoms with van der Waals surface area (Å²) in [5.74, 6) is 0.0803. The van der Waals surface area contributed by atoms with Gasteiger partial charge in [-0.3, -0.25) is 4.79 Å². The Labute approximate surface area is 125 Å². The fraction of sp³-hybridized carbons (Fsp3) is 0.471. The SMILES string of the molecule is CN(C(=O)c1cc2cc(N)ccc2[nH]1)C1CCCCCC1. The maximum absolute atomic E-state index is 12.7. The normalized spacial score (nSPS) is 16.8. The van der Waals surface area contributed by atoms with Crippen LogP contribution in [0.1, 0.15) is 49.0 Å². The van der Waals surface area contributed by atoms with E-state index in [1.54, 1.807) is 0 Å². The van der Waals surface area contributed by atoms with E-state index in [9.17, 15) is 4.79 Å². The molecule has 1 aliphatic carbocycles. The molecule has 3 N–H and O–H groups in total. The molecule has 21 heavy (non-hydrogen) atoms. The molecule has 1 heterocycles. The molecule has 0 atom stereocenters. The lowest BCUT2D eigenvalue weighted by Crippen LogP contribution is -2.36. The second kappa shape index (κ2) is 5.80. The molecule has 0 bridgehead atoms. The van der Waals surface area contributed by atoms with Crippen LogP contribution in [-0.4, -0.2) is 28.9 Å². The number of fused-ring (bicyclic) bond motifs is 1. The van der Waals surface area contributed by atoms with Crippen LogP contribution in [0.25, 0.3) is 10.9 Å². The maximum Gasteiger partial charge on any atom is 0.270 e. The Morgan fingerprint density at radius 1 is 1.19 bits per heavy atom. The highest BCUT2D eigenvalue weighted by Crippen LogP contribution is 2.24. The van der Waals surface area contributed by atoms with Crippen molar-refractivity contribution in [1.82, 2.24) is 9.88 Å². The van der Waals surface area contributed by atoms with Crippen LogP contribution < -0.4 is 5.73 Å². The van der Waals surface area contributed by atoms with Gasteiger partial charge in [0.25, 0.3) is 5.91 Å². The van der Waals surface area contributed by atoms with Gasteiger partial charge in [-0.05, 0) is 37.1 Å². The number of carbonyl (C=O) groups is 1. The first kappa shape index (κ1) is 14.0. The van der Waals surface area contributed by atoms with Crippen molar-refractivity contribution in [3.63, 3.8) is 0 Å². The fourth-order valence-electron chi connectivity index (χ4n) is 3.27. The summed E-state index contributed by atoms with van der Waals surface area (Å²) in [7, 11) is 1.93. The molecule has 1 fully saturated rings. The number of rotatable bonds is 2. The van der Waals surface area contributed by atoms with Crippen molar-refractivity contribution in [2.24, 2.45) is 0 Å². The molecule has 3 rings (SSSR count). The average Bonchev–Trinajstić information content (AvgIpc) is 2.71. The number of hydrogen-bond donors (Lipinski definition) is 2. The van der Waals surface area contributed by atoms with Crippen LogP contribution in [-0.2, 0) is 0 Å². The van der Waals surface area contributed by atoms with E-state index in [0.717, 1.165) is 29.4 Å². The Morgan fingerprint density at radius 3 is 2.62 bits per heavy atom. The van der Waals surface area contributed by atoms with Gasteiger partial charge in [0, 0.05) is 29.7 Å². The highest BCUT2D eigenvalue weighted by molar-refractivity contribution is 5.98. The Bertz CT molecular complexity index is 639. The number of nitrogen functional groups attached to an aromatic ring is 1. The van der Waals surface area contributed by atoms with Gasteiger partial charge in [0.2, 0.25) is 0 Å². The minimum atomic E-state index is 0.0803. The monoisotopic (exact) mass is 285 g/mol. The van der Waals surface area contributed by atoms with Gasteiger partial charge in [0.1, 0.15) is 5.69 Å². The zero-order valence-electron chi connectivity index (χ0n) is 12.6. The van der Waals surface area contributed by atoms with Crippen molar-refractivity contribution >= 4 is 22.5 Å². The quantitative estimate of drug-likeness (QED) is 0.655. The van der Waals surface area contributed by atoms with Gasteiger partial charge in [-0.15, -0.1) is 0 Å². The van der Waals surface area contributed by atoms with E-state index in [1.165, 1.54) is 25.7 Å². The Morgan fingerprint density at radius 2 is 1.90 bits per heavy atom. The zero-order valence-corrected chi connectivity index (χ0v) is 12.6. The molecule has 0 radical (unpaired) electrons. The lowest BCUT2D eigenvalue weighted by atomic mass is 10.1. The van der Waals surface area contributed by atoms with Crippen LogP contribution in [0.5, 0.6) is 0 Å². The van der Waals surface area contributed by atoms with Crippen LogP contribution in [0, 0.1) is 0 Å². The van der Waals surface area contributed by atoms with E-state index in [0.29, 0.717) is 11.7 Å². The number of benzene rings is 1. The number of aromatic nitrogens is 1. The molecule has 112 valence electrons. The fourth-order valence-corrected chi connectivity index (χ4v) is 3.27. The minimum Gasteiger partial charge on any atom is -0.399 e. The van der Waals surface area contributed by atoms with Crippen LogP contribution in [0.15, 0.2) is 24.3 Å². The highest BCUT2D eigenvalue weighted by atomic mass is 16.2. The van der Waals surface area contributed by atoms with E-state index in [2.05, 4.69) is 4.98 Å². The van der Waals surface area contributed by atoms with Gasteiger partial charge in [-0.2, -0.15) is 0 Å². The van der Waals surface area contributed by atoms with Gasteiger partial charge in [0.15, 0.2) is 0 Å². The van der Waals surface area contributed by atoms with Crippen LogP contribution in [0.4, 0.5) is 5.69 Å². The summed E-state index contributed by atoms with van der Waals surface area (Å²) in [6.45, 7) is 0. The summed E-state index contributed by atoms with van der Waals surface area (Å²) >= 11 is 0. The van der Waals surface area contributed by atoms with E-state index >= 15 is 0 Å². The van der Waals surface area contributed by atoms with Crippen molar-refractivity contribution in [3.05, 3.63) is 30.0 Å². The summed E-state index contributed by atoms with van der Waals surface area (Å²) in [6, 6.07) is 7.95. The second-order valence-electron chi connectivity index (χ2n) is 6.09. The van der Waals surface area contributed by atoms with E-state index in [4.69, 9.17) is 5.73 Å². The Kier molecular flexibility index (Phi) is 3.86.